The highest BCUT2D eigenvalue weighted by Crippen LogP contribution is 2.28. The highest BCUT2D eigenvalue weighted by molar-refractivity contribution is 8.02. The van der Waals surface area contributed by atoms with E-state index in [1.807, 2.05) is 30.3 Å². The molecule has 3 amide bonds. The van der Waals surface area contributed by atoms with Crippen molar-refractivity contribution in [3.05, 3.63) is 48.6 Å². The number of carbonyl (C=O) groups is 2. The lowest BCUT2D eigenvalue weighted by molar-refractivity contribution is -0.119. The zero-order valence-electron chi connectivity index (χ0n) is 13.7. The standard InChI is InChI=1S/C16H19N5O2S2/c1-3-9-17-15-20-21-16(25-15)24-11(2)13(22)19-14(23)18-10-12-7-5-4-6-8-12/h3-8,11H,1,9-10H2,2H3,(H,17,20)(H2,18,19,22,23)/t11-/m0/s1. The van der Waals surface area contributed by atoms with Gasteiger partial charge in [-0.25, -0.2) is 4.79 Å². The van der Waals surface area contributed by atoms with E-state index in [4.69, 9.17) is 0 Å². The van der Waals surface area contributed by atoms with E-state index < -0.39 is 11.3 Å². The van der Waals surface area contributed by atoms with Crippen LogP contribution in [0.3, 0.4) is 0 Å². The number of amides is 3. The average molecular weight is 377 g/mol. The van der Waals surface area contributed by atoms with E-state index in [1.54, 1.807) is 13.0 Å². The molecule has 1 heterocycles. The van der Waals surface area contributed by atoms with Crippen molar-refractivity contribution >= 4 is 40.2 Å². The predicted octanol–water partition coefficient (Wildman–Crippen LogP) is 2.64. The minimum absolute atomic E-state index is 0.357. The van der Waals surface area contributed by atoms with Crippen LogP contribution in [0.1, 0.15) is 12.5 Å². The van der Waals surface area contributed by atoms with E-state index in [9.17, 15) is 9.59 Å². The maximum Gasteiger partial charge on any atom is 0.321 e. The van der Waals surface area contributed by atoms with Gasteiger partial charge in [-0.15, -0.1) is 16.8 Å². The minimum atomic E-state index is -0.521. The molecule has 0 unspecified atom stereocenters. The maximum absolute atomic E-state index is 12.1. The van der Waals surface area contributed by atoms with Gasteiger partial charge in [0.1, 0.15) is 0 Å². The molecule has 132 valence electrons. The molecule has 0 saturated heterocycles. The number of urea groups is 1. The number of hydrogen-bond acceptors (Lipinski definition) is 7. The van der Waals surface area contributed by atoms with E-state index >= 15 is 0 Å². The van der Waals surface area contributed by atoms with Crippen LogP contribution in [-0.2, 0) is 11.3 Å². The SMILES string of the molecule is C=CCNc1nnc(S[C@@H](C)C(=O)NC(=O)NCc2ccccc2)s1. The topological polar surface area (TPSA) is 96.0 Å². The number of imide groups is 1. The van der Waals surface area contributed by atoms with Gasteiger partial charge < -0.3 is 10.6 Å². The molecule has 0 spiro atoms. The lowest BCUT2D eigenvalue weighted by Crippen LogP contribution is -2.42. The lowest BCUT2D eigenvalue weighted by Gasteiger charge is -2.10. The normalized spacial score (nSPS) is 11.4. The van der Waals surface area contributed by atoms with Crippen molar-refractivity contribution in [2.24, 2.45) is 0 Å². The van der Waals surface area contributed by atoms with Crippen LogP contribution in [0.15, 0.2) is 47.3 Å². The van der Waals surface area contributed by atoms with Crippen molar-refractivity contribution < 1.29 is 9.59 Å². The Hall–Kier alpha value is -2.39. The molecule has 1 atom stereocenters. The fraction of sp³-hybridized carbons (Fsp3) is 0.250. The molecular formula is C16H19N5O2S2. The van der Waals surface area contributed by atoms with Gasteiger partial charge in [0.25, 0.3) is 0 Å². The highest BCUT2D eigenvalue weighted by Gasteiger charge is 2.19. The molecule has 0 aliphatic rings. The Labute approximate surface area is 154 Å². The molecule has 0 bridgehead atoms. The van der Waals surface area contributed by atoms with Crippen molar-refractivity contribution in [2.45, 2.75) is 23.1 Å². The predicted molar refractivity (Wildman–Crippen MR) is 101 cm³/mol. The summed E-state index contributed by atoms with van der Waals surface area (Å²) in [6.07, 6.45) is 1.72. The summed E-state index contributed by atoms with van der Waals surface area (Å²) in [7, 11) is 0. The number of rotatable bonds is 8. The van der Waals surface area contributed by atoms with Crippen LogP contribution in [0.5, 0.6) is 0 Å². The van der Waals surface area contributed by atoms with Crippen LogP contribution in [-0.4, -0.2) is 33.9 Å². The van der Waals surface area contributed by atoms with Crippen LogP contribution in [0.4, 0.5) is 9.93 Å². The Balaban J connectivity index is 1.76. The molecular weight excluding hydrogens is 358 g/mol. The number of thioether (sulfide) groups is 1. The molecule has 1 aromatic carbocycles. The summed E-state index contributed by atoms with van der Waals surface area (Å²) in [5.41, 5.74) is 0.959. The second kappa shape index (κ2) is 9.80. The van der Waals surface area contributed by atoms with Crippen LogP contribution < -0.4 is 16.0 Å². The number of hydrogen-bond donors (Lipinski definition) is 3. The fourth-order valence-corrected chi connectivity index (χ4v) is 3.63. The molecule has 0 fully saturated rings. The van der Waals surface area contributed by atoms with E-state index in [0.29, 0.717) is 22.6 Å². The summed E-state index contributed by atoms with van der Waals surface area (Å²) in [5, 5.41) is 16.2. The van der Waals surface area contributed by atoms with Crippen molar-refractivity contribution in [2.75, 3.05) is 11.9 Å². The molecule has 2 aromatic rings. The van der Waals surface area contributed by atoms with Crippen LogP contribution in [0.25, 0.3) is 0 Å². The van der Waals surface area contributed by atoms with Crippen molar-refractivity contribution in [1.82, 2.24) is 20.8 Å². The van der Waals surface area contributed by atoms with Crippen LogP contribution in [0, 0.1) is 0 Å². The highest BCUT2D eigenvalue weighted by atomic mass is 32.2. The second-order valence-corrected chi connectivity index (χ2v) is 7.53. The second-order valence-electron chi connectivity index (χ2n) is 4.96. The van der Waals surface area contributed by atoms with Crippen molar-refractivity contribution in [3.8, 4) is 0 Å². The molecule has 2 rings (SSSR count). The maximum atomic E-state index is 12.1. The average Bonchev–Trinajstić information content (AvgIpc) is 3.06. The zero-order chi connectivity index (χ0) is 18.1. The number of carbonyl (C=O) groups excluding carboxylic acids is 2. The molecule has 0 aliphatic carbocycles. The van der Waals surface area contributed by atoms with Gasteiger partial charge >= 0.3 is 6.03 Å². The minimum Gasteiger partial charge on any atom is -0.357 e. The van der Waals surface area contributed by atoms with Crippen molar-refractivity contribution in [3.63, 3.8) is 0 Å². The van der Waals surface area contributed by atoms with Gasteiger partial charge in [-0.05, 0) is 12.5 Å². The van der Waals surface area contributed by atoms with Gasteiger partial charge in [-0.2, -0.15) is 0 Å². The van der Waals surface area contributed by atoms with Crippen molar-refractivity contribution in [1.29, 1.82) is 0 Å². The smallest absolute Gasteiger partial charge is 0.321 e. The van der Waals surface area contributed by atoms with Gasteiger partial charge in [-0.1, -0.05) is 59.5 Å². The summed E-state index contributed by atoms with van der Waals surface area (Å²) in [6, 6.07) is 8.95. The Bertz CT molecular complexity index is 720. The van der Waals surface area contributed by atoms with Crippen LogP contribution in [0.2, 0.25) is 0 Å². The first-order chi connectivity index (χ1) is 12.1. The Morgan fingerprint density at radius 3 is 2.80 bits per heavy atom. The number of benzene rings is 1. The number of nitrogens with one attached hydrogen (secondary N) is 3. The summed E-state index contributed by atoms with van der Waals surface area (Å²) in [6.45, 7) is 6.28. The molecule has 1 aromatic heterocycles. The molecule has 0 radical (unpaired) electrons. The third kappa shape index (κ3) is 6.55. The molecule has 7 nitrogen and oxygen atoms in total. The lowest BCUT2D eigenvalue weighted by atomic mass is 10.2. The third-order valence-corrected chi connectivity index (χ3v) is 5.05. The molecule has 0 saturated carbocycles. The van der Waals surface area contributed by atoms with Gasteiger partial charge in [0.15, 0.2) is 4.34 Å². The van der Waals surface area contributed by atoms with E-state index in [2.05, 4.69) is 32.7 Å². The first-order valence-corrected chi connectivity index (χ1v) is 9.25. The monoisotopic (exact) mass is 377 g/mol. The number of aromatic nitrogens is 2. The summed E-state index contributed by atoms with van der Waals surface area (Å²) >= 11 is 2.60. The summed E-state index contributed by atoms with van der Waals surface area (Å²) < 4.78 is 0.652. The van der Waals surface area contributed by atoms with Gasteiger partial charge in [-0.3, -0.25) is 10.1 Å². The van der Waals surface area contributed by atoms with Crippen LogP contribution >= 0.6 is 23.1 Å². The number of nitrogens with zero attached hydrogens (tertiary/aromatic N) is 2. The van der Waals surface area contributed by atoms with Gasteiger partial charge in [0.2, 0.25) is 11.0 Å². The Kier molecular flexibility index (Phi) is 7.42. The zero-order valence-corrected chi connectivity index (χ0v) is 15.3. The number of anilines is 1. The van der Waals surface area contributed by atoms with Gasteiger partial charge in [0, 0.05) is 13.1 Å². The molecule has 9 heteroatoms. The first-order valence-electron chi connectivity index (χ1n) is 7.56. The van der Waals surface area contributed by atoms with E-state index in [0.717, 1.165) is 5.56 Å². The quantitative estimate of drug-likeness (QED) is 0.483. The molecule has 0 aliphatic heterocycles. The molecule has 25 heavy (non-hydrogen) atoms. The fourth-order valence-electron chi connectivity index (χ4n) is 1.73. The molecule has 3 N–H and O–H groups in total. The Morgan fingerprint density at radius 1 is 1.32 bits per heavy atom. The van der Waals surface area contributed by atoms with E-state index in [-0.39, 0.29) is 5.91 Å². The summed E-state index contributed by atoms with van der Waals surface area (Å²) in [5.74, 6) is -0.383. The van der Waals surface area contributed by atoms with E-state index in [1.165, 1.54) is 23.1 Å². The Morgan fingerprint density at radius 2 is 2.08 bits per heavy atom. The third-order valence-electron chi connectivity index (χ3n) is 2.98. The van der Waals surface area contributed by atoms with Gasteiger partial charge in [0.05, 0.1) is 5.25 Å². The first kappa shape index (κ1) is 18.9. The summed E-state index contributed by atoms with van der Waals surface area (Å²) in [4.78, 5) is 23.9. The largest absolute Gasteiger partial charge is 0.357 e.